The van der Waals surface area contributed by atoms with Crippen molar-refractivity contribution in [3.63, 3.8) is 0 Å². The first-order chi connectivity index (χ1) is 9.28. The van der Waals surface area contributed by atoms with Gasteiger partial charge in [0.1, 0.15) is 0 Å². The molecule has 0 saturated carbocycles. The lowest BCUT2D eigenvalue weighted by atomic mass is 10.1. The van der Waals surface area contributed by atoms with E-state index in [1.54, 1.807) is 19.4 Å². The number of benzene rings is 1. The summed E-state index contributed by atoms with van der Waals surface area (Å²) in [7, 11) is 1.75. The number of hydrogen-bond acceptors (Lipinski definition) is 3. The molecule has 4 heteroatoms. The first kappa shape index (κ1) is 13.2. The van der Waals surface area contributed by atoms with Gasteiger partial charge in [-0.25, -0.2) is 0 Å². The molecule has 1 aromatic carbocycles. The van der Waals surface area contributed by atoms with Gasteiger partial charge in [-0.15, -0.1) is 0 Å². The Labute approximate surface area is 112 Å². The molecular formula is C15H17N3O. The molecule has 0 aliphatic rings. The van der Waals surface area contributed by atoms with Crippen LogP contribution in [0.2, 0.25) is 0 Å². The van der Waals surface area contributed by atoms with E-state index in [0.717, 1.165) is 12.1 Å². The maximum Gasteiger partial charge on any atom is 0.238 e. The van der Waals surface area contributed by atoms with E-state index in [0.29, 0.717) is 6.54 Å². The van der Waals surface area contributed by atoms with Gasteiger partial charge in [-0.1, -0.05) is 12.1 Å². The van der Waals surface area contributed by atoms with E-state index in [9.17, 15) is 4.79 Å². The van der Waals surface area contributed by atoms with E-state index in [2.05, 4.69) is 15.6 Å². The third-order valence-corrected chi connectivity index (χ3v) is 2.73. The number of amides is 1. The van der Waals surface area contributed by atoms with Crippen LogP contribution in [-0.4, -0.2) is 24.5 Å². The van der Waals surface area contributed by atoms with Crippen LogP contribution in [0.5, 0.6) is 0 Å². The van der Waals surface area contributed by atoms with E-state index in [-0.39, 0.29) is 5.91 Å². The largest absolute Gasteiger partial charge is 0.325 e. The molecule has 1 aromatic heterocycles. The Hall–Kier alpha value is -2.20. The van der Waals surface area contributed by atoms with Crippen LogP contribution in [0.25, 0.3) is 0 Å². The van der Waals surface area contributed by atoms with Crippen LogP contribution in [-0.2, 0) is 11.2 Å². The number of hydrogen-bond donors (Lipinski definition) is 2. The Kier molecular flexibility index (Phi) is 4.64. The van der Waals surface area contributed by atoms with Gasteiger partial charge in [-0.05, 0) is 48.9 Å². The molecule has 0 aliphatic heterocycles. The highest BCUT2D eigenvalue weighted by molar-refractivity contribution is 5.92. The van der Waals surface area contributed by atoms with Crippen LogP contribution in [0.15, 0.2) is 48.8 Å². The van der Waals surface area contributed by atoms with Gasteiger partial charge in [-0.2, -0.15) is 0 Å². The zero-order valence-electron chi connectivity index (χ0n) is 10.9. The van der Waals surface area contributed by atoms with Crippen molar-refractivity contribution in [1.29, 1.82) is 0 Å². The highest BCUT2D eigenvalue weighted by Crippen LogP contribution is 2.13. The minimum atomic E-state index is -0.0376. The van der Waals surface area contributed by atoms with Gasteiger partial charge in [-0.3, -0.25) is 9.78 Å². The van der Waals surface area contributed by atoms with E-state index in [1.807, 2.05) is 36.4 Å². The van der Waals surface area contributed by atoms with Gasteiger partial charge in [0, 0.05) is 18.1 Å². The second kappa shape index (κ2) is 6.66. The summed E-state index contributed by atoms with van der Waals surface area (Å²) in [6.45, 7) is 0.318. The molecule has 1 heterocycles. The molecule has 4 nitrogen and oxygen atoms in total. The fourth-order valence-electron chi connectivity index (χ4n) is 1.81. The van der Waals surface area contributed by atoms with Crippen molar-refractivity contribution >= 4 is 11.6 Å². The van der Waals surface area contributed by atoms with Crippen molar-refractivity contribution in [3.8, 4) is 0 Å². The van der Waals surface area contributed by atoms with Crippen LogP contribution in [0, 0.1) is 0 Å². The second-order valence-electron chi connectivity index (χ2n) is 4.31. The molecule has 98 valence electrons. The minimum Gasteiger partial charge on any atom is -0.325 e. The fourth-order valence-corrected chi connectivity index (χ4v) is 1.81. The van der Waals surface area contributed by atoms with E-state index in [1.165, 1.54) is 11.1 Å². The summed E-state index contributed by atoms with van der Waals surface area (Å²) in [5.74, 6) is -0.0376. The third kappa shape index (κ3) is 4.19. The Morgan fingerprint density at radius 2 is 1.68 bits per heavy atom. The van der Waals surface area contributed by atoms with Crippen LogP contribution < -0.4 is 10.6 Å². The molecule has 0 fully saturated rings. The van der Waals surface area contributed by atoms with E-state index < -0.39 is 0 Å². The SMILES string of the molecule is CNCC(=O)Nc1ccc(Cc2ccncc2)cc1. The lowest BCUT2D eigenvalue weighted by Gasteiger charge is -2.06. The van der Waals surface area contributed by atoms with Crippen LogP contribution in [0.3, 0.4) is 0 Å². The van der Waals surface area contributed by atoms with Gasteiger partial charge in [0.2, 0.25) is 5.91 Å². The molecule has 0 bridgehead atoms. The summed E-state index contributed by atoms with van der Waals surface area (Å²) in [4.78, 5) is 15.4. The first-order valence-electron chi connectivity index (χ1n) is 6.20. The number of aromatic nitrogens is 1. The van der Waals surface area contributed by atoms with E-state index >= 15 is 0 Å². The summed E-state index contributed by atoms with van der Waals surface area (Å²) < 4.78 is 0. The Bertz CT molecular complexity index is 523. The highest BCUT2D eigenvalue weighted by atomic mass is 16.1. The molecule has 2 N–H and O–H groups in total. The van der Waals surface area contributed by atoms with Gasteiger partial charge in [0.15, 0.2) is 0 Å². The normalized spacial score (nSPS) is 10.2. The smallest absolute Gasteiger partial charge is 0.238 e. The van der Waals surface area contributed by atoms with Gasteiger partial charge in [0.25, 0.3) is 0 Å². The van der Waals surface area contributed by atoms with Crippen molar-refractivity contribution in [2.24, 2.45) is 0 Å². The molecule has 1 amide bonds. The zero-order valence-corrected chi connectivity index (χ0v) is 10.9. The summed E-state index contributed by atoms with van der Waals surface area (Å²) in [6, 6.07) is 11.9. The van der Waals surface area contributed by atoms with Gasteiger partial charge < -0.3 is 10.6 Å². The zero-order chi connectivity index (χ0) is 13.5. The maximum atomic E-state index is 11.4. The number of carbonyl (C=O) groups is 1. The number of anilines is 1. The molecule has 0 radical (unpaired) electrons. The summed E-state index contributed by atoms with van der Waals surface area (Å²) in [5, 5.41) is 5.64. The molecule has 19 heavy (non-hydrogen) atoms. The van der Waals surface area contributed by atoms with Gasteiger partial charge in [0.05, 0.1) is 6.54 Å². The molecule has 0 saturated heterocycles. The van der Waals surface area contributed by atoms with E-state index in [4.69, 9.17) is 0 Å². The molecular weight excluding hydrogens is 238 g/mol. The Balaban J connectivity index is 1.97. The molecule has 0 unspecified atom stereocenters. The molecule has 0 aliphatic carbocycles. The number of nitrogens with one attached hydrogen (secondary N) is 2. The molecule has 0 atom stereocenters. The molecule has 0 spiro atoms. The lowest BCUT2D eigenvalue weighted by molar-refractivity contribution is -0.115. The average Bonchev–Trinajstić information content (AvgIpc) is 2.42. The van der Waals surface area contributed by atoms with Crippen molar-refractivity contribution in [2.75, 3.05) is 18.9 Å². The Morgan fingerprint density at radius 1 is 1.05 bits per heavy atom. The van der Waals surface area contributed by atoms with Crippen LogP contribution in [0.1, 0.15) is 11.1 Å². The number of carbonyl (C=O) groups excluding carboxylic acids is 1. The number of pyridine rings is 1. The first-order valence-corrected chi connectivity index (χ1v) is 6.20. The fraction of sp³-hybridized carbons (Fsp3) is 0.200. The summed E-state index contributed by atoms with van der Waals surface area (Å²) >= 11 is 0. The van der Waals surface area contributed by atoms with Crippen molar-refractivity contribution in [1.82, 2.24) is 10.3 Å². The predicted molar refractivity (Wildman–Crippen MR) is 76.0 cm³/mol. The summed E-state index contributed by atoms with van der Waals surface area (Å²) in [5.41, 5.74) is 3.25. The number of nitrogens with zero attached hydrogens (tertiary/aromatic N) is 1. The topological polar surface area (TPSA) is 54.0 Å². The standard InChI is InChI=1S/C15H17N3O/c1-16-11-15(19)18-14-4-2-12(3-5-14)10-13-6-8-17-9-7-13/h2-9,16H,10-11H2,1H3,(H,18,19). The maximum absolute atomic E-state index is 11.4. The third-order valence-electron chi connectivity index (χ3n) is 2.73. The average molecular weight is 255 g/mol. The van der Waals surface area contributed by atoms with Crippen molar-refractivity contribution in [2.45, 2.75) is 6.42 Å². The second-order valence-corrected chi connectivity index (χ2v) is 4.31. The molecule has 2 aromatic rings. The minimum absolute atomic E-state index is 0.0376. The van der Waals surface area contributed by atoms with Crippen molar-refractivity contribution in [3.05, 3.63) is 59.9 Å². The summed E-state index contributed by atoms with van der Waals surface area (Å²) in [6.07, 6.45) is 4.45. The van der Waals surface area contributed by atoms with Gasteiger partial charge >= 0.3 is 0 Å². The quantitative estimate of drug-likeness (QED) is 0.857. The monoisotopic (exact) mass is 255 g/mol. The van der Waals surface area contributed by atoms with Crippen molar-refractivity contribution < 1.29 is 4.79 Å². The lowest BCUT2D eigenvalue weighted by Crippen LogP contribution is -2.24. The Morgan fingerprint density at radius 3 is 2.32 bits per heavy atom. The number of rotatable bonds is 5. The predicted octanol–water partition coefficient (Wildman–Crippen LogP) is 1.83. The highest BCUT2D eigenvalue weighted by Gasteiger charge is 2.01. The van der Waals surface area contributed by atoms with Crippen LogP contribution in [0.4, 0.5) is 5.69 Å². The van der Waals surface area contributed by atoms with Crippen LogP contribution >= 0.6 is 0 Å². The molecule has 2 rings (SSSR count). The number of likely N-dealkylation sites (N-methyl/N-ethyl adjacent to an activating group) is 1.